The highest BCUT2D eigenvalue weighted by atomic mass is 127. The van der Waals surface area contributed by atoms with E-state index < -0.39 is 30.8 Å². The number of aryl methyl sites for hydroxylation is 2. The maximum absolute atomic E-state index is 13.7. The van der Waals surface area contributed by atoms with Gasteiger partial charge in [0.25, 0.3) is 11.8 Å². The number of rotatable bonds is 24. The van der Waals surface area contributed by atoms with Crippen LogP contribution in [0.4, 0.5) is 0 Å². The van der Waals surface area contributed by atoms with Gasteiger partial charge in [-0.25, -0.2) is 16.8 Å². The second-order valence-corrected chi connectivity index (χ2v) is 26.8. The monoisotopic (exact) mass is 1330 g/mol. The van der Waals surface area contributed by atoms with E-state index in [2.05, 4.69) is 24.2 Å². The predicted molar refractivity (Wildman–Crippen MR) is 348 cm³/mol. The molecular formula is C67H87IN6O10S2. The summed E-state index contributed by atoms with van der Waals surface area (Å²) in [5.74, 6) is 2.77. The number of benzene rings is 4. The normalized spacial score (nSPS) is 16.1. The first kappa shape index (κ1) is 67.6. The Balaban J connectivity index is 0.000000240. The fraction of sp³-hybridized carbons (Fsp3) is 0.493. The van der Waals surface area contributed by atoms with Gasteiger partial charge in [0.2, 0.25) is 0 Å². The maximum atomic E-state index is 13.7. The number of carbonyl (C=O) groups is 2. The summed E-state index contributed by atoms with van der Waals surface area (Å²) in [6.07, 6.45) is 13.1. The van der Waals surface area contributed by atoms with E-state index in [1.165, 1.54) is 0 Å². The summed E-state index contributed by atoms with van der Waals surface area (Å²) in [4.78, 5) is 41.7. The van der Waals surface area contributed by atoms with Gasteiger partial charge in [0, 0.05) is 48.3 Å². The first-order valence-electron chi connectivity index (χ1n) is 30.1. The van der Waals surface area contributed by atoms with Gasteiger partial charge < -0.3 is 18.5 Å². The molecule has 4 aliphatic rings. The molecule has 0 bridgehead atoms. The van der Waals surface area contributed by atoms with Crippen molar-refractivity contribution in [2.24, 2.45) is 9.98 Å². The van der Waals surface area contributed by atoms with E-state index in [-0.39, 0.29) is 64.5 Å². The summed E-state index contributed by atoms with van der Waals surface area (Å²) in [6.45, 7) is 17.9. The highest BCUT2D eigenvalue weighted by Crippen LogP contribution is 2.43. The molecule has 6 aromatic rings. The summed E-state index contributed by atoms with van der Waals surface area (Å²) < 4.78 is 76.9. The Morgan fingerprint density at radius 3 is 1.24 bits per heavy atom. The van der Waals surface area contributed by atoms with Crippen LogP contribution in [0.25, 0.3) is 22.3 Å². The van der Waals surface area contributed by atoms with Crippen LogP contribution in [0.5, 0.6) is 0 Å². The van der Waals surface area contributed by atoms with Crippen LogP contribution in [0.2, 0.25) is 0 Å². The van der Waals surface area contributed by atoms with Crippen molar-refractivity contribution in [3.8, 4) is 22.3 Å². The Hall–Kier alpha value is -5.87. The van der Waals surface area contributed by atoms with E-state index >= 15 is 0 Å². The van der Waals surface area contributed by atoms with E-state index in [4.69, 9.17) is 28.5 Å². The fourth-order valence-electron chi connectivity index (χ4n) is 12.1. The van der Waals surface area contributed by atoms with Gasteiger partial charge in [-0.15, -0.1) is 24.0 Å². The van der Waals surface area contributed by atoms with Crippen molar-refractivity contribution < 1.29 is 44.9 Å². The minimum absolute atomic E-state index is 0. The fourth-order valence-corrected chi connectivity index (χ4v) is 15.2. The molecule has 19 heteroatoms. The molecular weight excluding hydrogens is 1240 g/mol. The lowest BCUT2D eigenvalue weighted by molar-refractivity contribution is -0.132. The van der Waals surface area contributed by atoms with Gasteiger partial charge in [-0.05, 0) is 126 Å². The van der Waals surface area contributed by atoms with Gasteiger partial charge in [0.15, 0.2) is 19.7 Å². The van der Waals surface area contributed by atoms with Crippen molar-refractivity contribution in [2.45, 2.75) is 211 Å². The molecule has 2 aromatic heterocycles. The molecule has 10 rings (SSSR count). The summed E-state index contributed by atoms with van der Waals surface area (Å²) in [5.41, 5.74) is 7.67. The second-order valence-electron chi connectivity index (χ2n) is 22.9. The minimum atomic E-state index is -3.74. The smallest absolute Gasteiger partial charge is 0.256 e. The molecule has 2 fully saturated rings. The van der Waals surface area contributed by atoms with Crippen molar-refractivity contribution in [3.63, 3.8) is 0 Å². The molecule has 2 aliphatic carbocycles. The average Bonchev–Trinajstić information content (AvgIpc) is 2.12. The predicted octanol–water partition coefficient (Wildman–Crippen LogP) is 14.7. The standard InChI is InChI=1S/2C33H41N3O5S.CH4.HI/c2*1-5-7-14-31-34-33(17-10-11-18-33)32(37)36(31)20-25-15-16-27(26(19-25)21-40-6-2)28-12-8-9-13-30(28)42(38,39)22-29-23(3)24(4)41-35-29;;/h2*8-9,12-13,15-16,19H,5-7,10-11,14,17-18,20-22H2,1-4H3;1H4;1H. The van der Waals surface area contributed by atoms with Crippen molar-refractivity contribution in [3.05, 3.63) is 141 Å². The molecule has 2 aliphatic heterocycles. The lowest BCUT2D eigenvalue weighted by Gasteiger charge is -2.23. The molecule has 0 atom stereocenters. The molecule has 0 saturated heterocycles. The lowest BCUT2D eigenvalue weighted by atomic mass is 9.96. The summed E-state index contributed by atoms with van der Waals surface area (Å²) in [5, 5.41) is 7.98. The van der Waals surface area contributed by atoms with E-state index in [0.29, 0.717) is 73.6 Å². The molecule has 464 valence electrons. The molecule has 2 saturated carbocycles. The molecule has 4 aromatic carbocycles. The van der Waals surface area contributed by atoms with Crippen molar-refractivity contribution in [1.82, 2.24) is 20.1 Å². The van der Waals surface area contributed by atoms with Crippen molar-refractivity contribution >= 4 is 67.1 Å². The van der Waals surface area contributed by atoms with E-state index in [1.807, 2.05) is 98.2 Å². The summed E-state index contributed by atoms with van der Waals surface area (Å²) in [7, 11) is -7.47. The van der Waals surface area contributed by atoms with Crippen molar-refractivity contribution in [2.75, 3.05) is 13.2 Å². The van der Waals surface area contributed by atoms with Gasteiger partial charge in [-0.1, -0.05) is 143 Å². The third kappa shape index (κ3) is 14.6. The molecule has 4 heterocycles. The molecule has 2 spiro atoms. The van der Waals surface area contributed by atoms with Gasteiger partial charge in [-0.3, -0.25) is 29.4 Å². The van der Waals surface area contributed by atoms with E-state index in [9.17, 15) is 26.4 Å². The number of amides is 2. The zero-order chi connectivity index (χ0) is 59.8. The number of aromatic nitrogens is 2. The van der Waals surface area contributed by atoms with Crippen LogP contribution in [0, 0.1) is 27.7 Å². The largest absolute Gasteiger partial charge is 0.377 e. The first-order chi connectivity index (χ1) is 40.4. The van der Waals surface area contributed by atoms with Crippen LogP contribution in [-0.4, -0.2) is 84.7 Å². The number of amidine groups is 2. The Kier molecular flexibility index (Phi) is 23.1. The number of carbonyl (C=O) groups excluding carboxylic acids is 2. The maximum Gasteiger partial charge on any atom is 0.256 e. The molecule has 16 nitrogen and oxygen atoms in total. The van der Waals surface area contributed by atoms with Gasteiger partial charge in [0.1, 0.15) is 57.2 Å². The van der Waals surface area contributed by atoms with Crippen LogP contribution in [0.3, 0.4) is 0 Å². The molecule has 0 N–H and O–H groups in total. The number of hydrogen-bond donors (Lipinski definition) is 0. The highest BCUT2D eigenvalue weighted by molar-refractivity contribution is 14.0. The topological polar surface area (TPSA) is 204 Å². The number of ether oxygens (including phenoxy) is 2. The number of sulfone groups is 2. The van der Waals surface area contributed by atoms with Crippen molar-refractivity contribution in [1.29, 1.82) is 0 Å². The van der Waals surface area contributed by atoms with Crippen LogP contribution < -0.4 is 0 Å². The quantitative estimate of drug-likeness (QED) is 0.0519. The average molecular weight is 1330 g/mol. The van der Waals surface area contributed by atoms with E-state index in [1.54, 1.807) is 38.1 Å². The summed E-state index contributed by atoms with van der Waals surface area (Å²) >= 11 is 0. The van der Waals surface area contributed by atoms with E-state index in [0.717, 1.165) is 146 Å². The second kappa shape index (κ2) is 29.4. The number of unbranched alkanes of at least 4 members (excludes halogenated alkanes) is 2. The van der Waals surface area contributed by atoms with Crippen LogP contribution in [0.1, 0.15) is 181 Å². The number of halogens is 1. The van der Waals surface area contributed by atoms with Gasteiger partial charge >= 0.3 is 0 Å². The SMILES string of the molecule is C.CCCCC1=NC2(CCCC2)C(=O)N1Cc1ccc(-c2ccccc2S(=O)(=O)Cc2noc(C)c2C)c(COCC)c1.CCCCC1=NC2(CCCC2)C(=O)N1Cc1ccc(-c2ccccc2S(=O)(=O)Cc2noc(C)c2C)c(COCC)c1.I. The minimum Gasteiger partial charge on any atom is -0.377 e. The zero-order valence-corrected chi connectivity index (χ0v) is 54.6. The zero-order valence-electron chi connectivity index (χ0n) is 50.6. The summed E-state index contributed by atoms with van der Waals surface area (Å²) in [6, 6.07) is 26.1. The van der Waals surface area contributed by atoms with Crippen LogP contribution in [-0.2, 0) is 76.5 Å². The Morgan fingerprint density at radius 1 is 0.535 bits per heavy atom. The number of hydrogen-bond acceptors (Lipinski definition) is 14. The third-order valence-electron chi connectivity index (χ3n) is 17.1. The van der Waals surface area contributed by atoms with Crippen LogP contribution >= 0.6 is 24.0 Å². The Morgan fingerprint density at radius 2 is 0.907 bits per heavy atom. The number of nitrogens with zero attached hydrogens (tertiary/aromatic N) is 6. The Bertz CT molecular complexity index is 3410. The third-order valence-corrected chi connectivity index (χ3v) is 20.5. The van der Waals surface area contributed by atoms with Gasteiger partial charge in [0.05, 0.1) is 36.1 Å². The molecule has 2 amide bonds. The van der Waals surface area contributed by atoms with Crippen LogP contribution in [0.15, 0.2) is 114 Å². The highest BCUT2D eigenvalue weighted by Gasteiger charge is 2.50. The number of aliphatic imine (C=N–C) groups is 2. The first-order valence-corrected chi connectivity index (χ1v) is 33.4. The van der Waals surface area contributed by atoms with Gasteiger partial charge in [-0.2, -0.15) is 0 Å². The molecule has 0 radical (unpaired) electrons. The lowest BCUT2D eigenvalue weighted by Crippen LogP contribution is -2.40. The molecule has 0 unspecified atom stereocenters. The molecule has 86 heavy (non-hydrogen) atoms. The Labute approximate surface area is 526 Å².